The molecular weight excluding hydrogens is 238 g/mol. The van der Waals surface area contributed by atoms with E-state index in [0.29, 0.717) is 18.0 Å². The van der Waals surface area contributed by atoms with Crippen molar-refractivity contribution in [3.05, 3.63) is 29.8 Å². The molecule has 0 radical (unpaired) electrons. The zero-order valence-electron chi connectivity index (χ0n) is 9.77. The van der Waals surface area contributed by atoms with Gasteiger partial charge in [0.2, 0.25) is 0 Å². The Balaban J connectivity index is 1.97. The van der Waals surface area contributed by atoms with Crippen LogP contribution in [0.1, 0.15) is 23.2 Å². The number of aromatic hydroxyl groups is 1. The second kappa shape index (κ2) is 4.96. The van der Waals surface area contributed by atoms with E-state index < -0.39 is 0 Å². The fraction of sp³-hybridized carbons (Fsp3) is 0.462. The van der Waals surface area contributed by atoms with E-state index in [2.05, 4.69) is 0 Å². The number of alkyl halides is 1. The number of rotatable bonds is 3. The van der Waals surface area contributed by atoms with Crippen LogP contribution >= 0.6 is 11.6 Å². The lowest BCUT2D eigenvalue weighted by Crippen LogP contribution is -2.37. The fourth-order valence-corrected chi connectivity index (χ4v) is 2.64. The number of hydrogen-bond donors (Lipinski definition) is 1. The van der Waals surface area contributed by atoms with Crippen LogP contribution in [-0.4, -0.2) is 34.9 Å². The Morgan fingerprint density at radius 3 is 2.71 bits per heavy atom. The third-order valence-corrected chi connectivity index (χ3v) is 3.55. The SMILES string of the molecule is CN(CC1CC(Cl)C1)C(=O)c1ccccc1O. The molecule has 0 heterocycles. The Bertz CT molecular complexity index is 416. The highest BCUT2D eigenvalue weighted by Gasteiger charge is 2.29. The highest BCUT2D eigenvalue weighted by atomic mass is 35.5. The van der Waals surface area contributed by atoms with Crippen LogP contribution in [-0.2, 0) is 0 Å². The molecule has 1 fully saturated rings. The maximum Gasteiger partial charge on any atom is 0.257 e. The molecule has 1 aliphatic carbocycles. The fourth-order valence-electron chi connectivity index (χ4n) is 2.13. The van der Waals surface area contributed by atoms with Crippen LogP contribution < -0.4 is 0 Å². The first-order chi connectivity index (χ1) is 8.08. The van der Waals surface area contributed by atoms with Crippen molar-refractivity contribution in [2.75, 3.05) is 13.6 Å². The summed E-state index contributed by atoms with van der Waals surface area (Å²) in [5, 5.41) is 9.88. The van der Waals surface area contributed by atoms with Crippen molar-refractivity contribution in [3.63, 3.8) is 0 Å². The number of halogens is 1. The minimum absolute atomic E-state index is 0.0354. The summed E-state index contributed by atoms with van der Waals surface area (Å²) in [4.78, 5) is 13.7. The van der Waals surface area contributed by atoms with E-state index in [1.807, 2.05) is 0 Å². The van der Waals surface area contributed by atoms with Crippen LogP contribution in [0.15, 0.2) is 24.3 Å². The first-order valence-electron chi connectivity index (χ1n) is 5.75. The smallest absolute Gasteiger partial charge is 0.257 e. The number of carbonyl (C=O) groups is 1. The van der Waals surface area contributed by atoms with Gasteiger partial charge in [0.15, 0.2) is 0 Å². The molecule has 2 rings (SSSR count). The van der Waals surface area contributed by atoms with Gasteiger partial charge in [0, 0.05) is 19.0 Å². The van der Waals surface area contributed by atoms with Gasteiger partial charge in [-0.1, -0.05) is 12.1 Å². The van der Waals surface area contributed by atoms with Gasteiger partial charge in [-0.3, -0.25) is 4.79 Å². The second-order valence-electron chi connectivity index (χ2n) is 4.64. The van der Waals surface area contributed by atoms with Crippen LogP contribution in [0.2, 0.25) is 0 Å². The molecule has 4 heteroatoms. The Morgan fingerprint density at radius 2 is 2.12 bits per heavy atom. The molecule has 0 aromatic heterocycles. The molecule has 0 aliphatic heterocycles. The van der Waals surface area contributed by atoms with Crippen LogP contribution in [0.25, 0.3) is 0 Å². The van der Waals surface area contributed by atoms with E-state index >= 15 is 0 Å². The van der Waals surface area contributed by atoms with Crippen LogP contribution in [0.5, 0.6) is 5.75 Å². The highest BCUT2D eigenvalue weighted by Crippen LogP contribution is 2.32. The molecule has 0 bridgehead atoms. The molecule has 1 N–H and O–H groups in total. The number of phenols is 1. The number of benzene rings is 1. The molecule has 0 spiro atoms. The van der Waals surface area contributed by atoms with Gasteiger partial charge in [0.25, 0.3) is 5.91 Å². The van der Waals surface area contributed by atoms with Gasteiger partial charge < -0.3 is 10.0 Å². The molecule has 3 nitrogen and oxygen atoms in total. The zero-order chi connectivity index (χ0) is 12.4. The Kier molecular flexibility index (Phi) is 3.57. The number of amides is 1. The van der Waals surface area contributed by atoms with Gasteiger partial charge in [-0.2, -0.15) is 0 Å². The number of nitrogens with zero attached hydrogens (tertiary/aromatic N) is 1. The predicted molar refractivity (Wildman–Crippen MR) is 67.4 cm³/mol. The van der Waals surface area contributed by atoms with Crippen molar-refractivity contribution in [3.8, 4) is 5.75 Å². The zero-order valence-corrected chi connectivity index (χ0v) is 10.5. The topological polar surface area (TPSA) is 40.5 Å². The maximum atomic E-state index is 12.1. The lowest BCUT2D eigenvalue weighted by Gasteiger charge is -2.34. The average Bonchev–Trinajstić information content (AvgIpc) is 2.26. The van der Waals surface area contributed by atoms with E-state index in [4.69, 9.17) is 11.6 Å². The van der Waals surface area contributed by atoms with Crippen molar-refractivity contribution in [2.45, 2.75) is 18.2 Å². The summed E-state index contributed by atoms with van der Waals surface area (Å²) in [6.07, 6.45) is 1.94. The maximum absolute atomic E-state index is 12.1. The van der Waals surface area contributed by atoms with Crippen molar-refractivity contribution in [1.29, 1.82) is 0 Å². The van der Waals surface area contributed by atoms with Gasteiger partial charge in [0.1, 0.15) is 5.75 Å². The third-order valence-electron chi connectivity index (χ3n) is 3.19. The predicted octanol–water partition coefficient (Wildman–Crippen LogP) is 2.48. The van der Waals surface area contributed by atoms with E-state index in [1.165, 1.54) is 6.07 Å². The quantitative estimate of drug-likeness (QED) is 0.841. The standard InChI is InChI=1S/C13H16ClNO2/c1-15(8-9-6-10(14)7-9)13(17)11-4-2-3-5-12(11)16/h2-5,9-10,16H,6-8H2,1H3. The van der Waals surface area contributed by atoms with Gasteiger partial charge in [0.05, 0.1) is 5.56 Å². The first-order valence-corrected chi connectivity index (χ1v) is 6.19. The summed E-state index contributed by atoms with van der Waals surface area (Å²) in [5.74, 6) is 0.395. The van der Waals surface area contributed by atoms with Crippen LogP contribution in [0, 0.1) is 5.92 Å². The average molecular weight is 254 g/mol. The lowest BCUT2D eigenvalue weighted by molar-refractivity contribution is 0.0744. The van der Waals surface area contributed by atoms with Gasteiger partial charge >= 0.3 is 0 Å². The summed E-state index contributed by atoms with van der Waals surface area (Å²) in [5.41, 5.74) is 0.358. The molecule has 92 valence electrons. The van der Waals surface area contributed by atoms with Crippen LogP contribution in [0.3, 0.4) is 0 Å². The number of hydrogen-bond acceptors (Lipinski definition) is 2. The summed E-state index contributed by atoms with van der Waals surface area (Å²) >= 11 is 5.91. The summed E-state index contributed by atoms with van der Waals surface area (Å²) < 4.78 is 0. The Morgan fingerprint density at radius 1 is 1.47 bits per heavy atom. The van der Waals surface area contributed by atoms with Crippen molar-refractivity contribution >= 4 is 17.5 Å². The molecule has 0 atom stereocenters. The molecule has 1 saturated carbocycles. The first kappa shape index (κ1) is 12.2. The third kappa shape index (κ3) is 2.72. The molecule has 1 aliphatic rings. The Labute approximate surface area is 106 Å². The lowest BCUT2D eigenvalue weighted by atomic mass is 9.84. The van der Waals surface area contributed by atoms with Crippen molar-refractivity contribution in [1.82, 2.24) is 4.90 Å². The van der Waals surface area contributed by atoms with Crippen LogP contribution in [0.4, 0.5) is 0 Å². The number of para-hydroxylation sites is 1. The summed E-state index contributed by atoms with van der Waals surface area (Å²) in [7, 11) is 1.76. The highest BCUT2D eigenvalue weighted by molar-refractivity contribution is 6.21. The van der Waals surface area contributed by atoms with Gasteiger partial charge in [-0.25, -0.2) is 0 Å². The monoisotopic (exact) mass is 253 g/mol. The molecule has 1 aromatic rings. The largest absolute Gasteiger partial charge is 0.507 e. The van der Waals surface area contributed by atoms with Gasteiger partial charge in [-0.15, -0.1) is 11.6 Å². The minimum atomic E-state index is -0.138. The molecule has 17 heavy (non-hydrogen) atoms. The normalized spacial score (nSPS) is 22.9. The van der Waals surface area contributed by atoms with E-state index in [0.717, 1.165) is 12.8 Å². The van der Waals surface area contributed by atoms with Crippen molar-refractivity contribution < 1.29 is 9.90 Å². The Hall–Kier alpha value is -1.22. The van der Waals surface area contributed by atoms with Gasteiger partial charge in [-0.05, 0) is 30.9 Å². The molecule has 0 saturated heterocycles. The summed E-state index contributed by atoms with van der Waals surface area (Å²) in [6.45, 7) is 0.705. The molecular formula is C13H16ClNO2. The molecule has 0 unspecified atom stereocenters. The van der Waals surface area contributed by atoms with E-state index in [1.54, 1.807) is 30.1 Å². The second-order valence-corrected chi connectivity index (χ2v) is 5.25. The molecule has 1 amide bonds. The number of phenolic OH excluding ortho intramolecular Hbond substituents is 1. The number of carbonyl (C=O) groups excluding carboxylic acids is 1. The minimum Gasteiger partial charge on any atom is -0.507 e. The summed E-state index contributed by atoms with van der Waals surface area (Å²) in [6, 6.07) is 6.62. The van der Waals surface area contributed by atoms with E-state index in [-0.39, 0.29) is 17.0 Å². The van der Waals surface area contributed by atoms with E-state index in [9.17, 15) is 9.90 Å². The van der Waals surface area contributed by atoms with Crippen molar-refractivity contribution in [2.24, 2.45) is 5.92 Å². The molecule has 1 aromatic carbocycles.